The van der Waals surface area contributed by atoms with Gasteiger partial charge in [0.1, 0.15) is 0 Å². The fourth-order valence-electron chi connectivity index (χ4n) is 4.18. The van der Waals surface area contributed by atoms with E-state index in [1.807, 2.05) is 4.90 Å². The Morgan fingerprint density at radius 3 is 2.55 bits per heavy atom. The molecule has 0 aromatic carbocycles. The molecule has 1 saturated carbocycles. The lowest BCUT2D eigenvalue weighted by atomic mass is 9.93. The summed E-state index contributed by atoms with van der Waals surface area (Å²) in [5.74, 6) is 0.489. The Morgan fingerprint density at radius 2 is 1.77 bits per heavy atom. The topological polar surface area (TPSA) is 52.7 Å². The molecule has 0 bridgehead atoms. The van der Waals surface area contributed by atoms with Gasteiger partial charge in [0.2, 0.25) is 11.8 Å². The maximum atomic E-state index is 12.7. The Morgan fingerprint density at radius 1 is 0.955 bits per heavy atom. The van der Waals surface area contributed by atoms with E-state index in [2.05, 4.69) is 10.2 Å². The second-order valence-corrected chi connectivity index (χ2v) is 7.02. The van der Waals surface area contributed by atoms with Crippen LogP contribution < -0.4 is 5.32 Å². The number of hydrogen-bond acceptors (Lipinski definition) is 3. The van der Waals surface area contributed by atoms with Gasteiger partial charge in [0, 0.05) is 25.0 Å². The van der Waals surface area contributed by atoms with Gasteiger partial charge in [0.15, 0.2) is 0 Å². The third kappa shape index (κ3) is 3.62. The first kappa shape index (κ1) is 15.8. The highest BCUT2D eigenvalue weighted by Gasteiger charge is 2.34. The summed E-state index contributed by atoms with van der Waals surface area (Å²) in [4.78, 5) is 29.0. The van der Waals surface area contributed by atoms with Crippen LogP contribution in [0.3, 0.4) is 0 Å². The summed E-state index contributed by atoms with van der Waals surface area (Å²) >= 11 is 0. The van der Waals surface area contributed by atoms with Crippen molar-refractivity contribution in [3.05, 3.63) is 0 Å². The molecule has 3 rings (SSSR count). The zero-order chi connectivity index (χ0) is 15.4. The molecule has 0 spiro atoms. The van der Waals surface area contributed by atoms with E-state index in [-0.39, 0.29) is 17.7 Å². The molecule has 0 radical (unpaired) electrons. The van der Waals surface area contributed by atoms with Crippen LogP contribution in [-0.4, -0.2) is 60.4 Å². The van der Waals surface area contributed by atoms with Gasteiger partial charge in [-0.1, -0.05) is 19.3 Å². The summed E-state index contributed by atoms with van der Waals surface area (Å²) < 4.78 is 0. The van der Waals surface area contributed by atoms with Crippen molar-refractivity contribution in [1.82, 2.24) is 15.1 Å². The molecule has 2 aliphatic heterocycles. The number of nitrogens with zero attached hydrogens (tertiary/aromatic N) is 2. The molecular weight excluding hydrogens is 278 g/mol. The zero-order valence-corrected chi connectivity index (χ0v) is 13.6. The second-order valence-electron chi connectivity index (χ2n) is 7.02. The van der Waals surface area contributed by atoms with Gasteiger partial charge in [-0.2, -0.15) is 0 Å². The molecule has 1 atom stereocenters. The molecule has 5 heteroatoms. The highest BCUT2D eigenvalue weighted by atomic mass is 16.2. The smallest absolute Gasteiger partial charge is 0.242 e. The van der Waals surface area contributed by atoms with E-state index in [1.54, 1.807) is 0 Å². The quantitative estimate of drug-likeness (QED) is 0.838. The minimum Gasteiger partial charge on any atom is -0.336 e. The van der Waals surface area contributed by atoms with Crippen molar-refractivity contribution in [3.8, 4) is 0 Å². The lowest BCUT2D eigenvalue weighted by Gasteiger charge is -2.41. The Balaban J connectivity index is 1.54. The molecule has 1 N–H and O–H groups in total. The molecule has 0 aromatic rings. The number of rotatable bonds is 2. The van der Waals surface area contributed by atoms with Gasteiger partial charge in [0.05, 0.1) is 6.54 Å². The fraction of sp³-hybridized carbons (Fsp3) is 0.882. The van der Waals surface area contributed by atoms with Crippen LogP contribution in [0.15, 0.2) is 0 Å². The Kier molecular flexibility index (Phi) is 5.34. The second kappa shape index (κ2) is 7.44. The number of hydrogen-bond donors (Lipinski definition) is 1. The van der Waals surface area contributed by atoms with Crippen LogP contribution >= 0.6 is 0 Å². The highest BCUT2D eigenvalue weighted by Crippen LogP contribution is 2.25. The van der Waals surface area contributed by atoms with Gasteiger partial charge in [0.25, 0.3) is 0 Å². The minimum atomic E-state index is 0.115. The number of nitrogens with one attached hydrogen (secondary N) is 1. The predicted molar refractivity (Wildman–Crippen MR) is 85.4 cm³/mol. The van der Waals surface area contributed by atoms with Gasteiger partial charge < -0.3 is 15.1 Å². The molecule has 124 valence electrons. The van der Waals surface area contributed by atoms with Crippen molar-refractivity contribution in [2.45, 2.75) is 57.4 Å². The lowest BCUT2D eigenvalue weighted by molar-refractivity contribution is -0.149. The molecule has 1 aliphatic carbocycles. The van der Waals surface area contributed by atoms with Crippen molar-refractivity contribution >= 4 is 11.8 Å². The van der Waals surface area contributed by atoms with E-state index >= 15 is 0 Å². The molecule has 3 fully saturated rings. The standard InChI is InChI=1S/C17H29N3O2/c21-16-13-19(17(22)14-5-4-9-18-10-8-14)11-12-20(16)15-6-2-1-3-7-15/h14-15,18H,1-13H2/t14-/m0/s1. The third-order valence-electron chi connectivity index (χ3n) is 5.51. The van der Waals surface area contributed by atoms with Gasteiger partial charge in [-0.3, -0.25) is 9.59 Å². The SMILES string of the molecule is O=C([C@H]1CCCNCC1)N1CCN(C2CCCCC2)C(=O)C1. The number of amides is 2. The van der Waals surface area contributed by atoms with E-state index in [1.165, 1.54) is 19.3 Å². The summed E-state index contributed by atoms with van der Waals surface area (Å²) in [7, 11) is 0. The van der Waals surface area contributed by atoms with E-state index in [0.29, 0.717) is 12.6 Å². The summed E-state index contributed by atoms with van der Waals surface area (Å²) in [5.41, 5.74) is 0. The van der Waals surface area contributed by atoms with Crippen molar-refractivity contribution in [2.75, 3.05) is 32.7 Å². The molecule has 22 heavy (non-hydrogen) atoms. The van der Waals surface area contributed by atoms with Gasteiger partial charge >= 0.3 is 0 Å². The lowest BCUT2D eigenvalue weighted by Crippen LogP contribution is -2.56. The normalized spacial score (nSPS) is 28.5. The first-order chi connectivity index (χ1) is 10.8. The largest absolute Gasteiger partial charge is 0.336 e. The fourth-order valence-corrected chi connectivity index (χ4v) is 4.18. The highest BCUT2D eigenvalue weighted by molar-refractivity contribution is 5.87. The van der Waals surface area contributed by atoms with Crippen LogP contribution in [0.2, 0.25) is 0 Å². The summed E-state index contributed by atoms with van der Waals surface area (Å²) in [5, 5.41) is 3.35. The maximum Gasteiger partial charge on any atom is 0.242 e. The van der Waals surface area contributed by atoms with E-state index in [4.69, 9.17) is 0 Å². The summed E-state index contributed by atoms with van der Waals surface area (Å²) in [6.45, 7) is 3.70. The third-order valence-corrected chi connectivity index (χ3v) is 5.51. The van der Waals surface area contributed by atoms with Crippen LogP contribution in [0.4, 0.5) is 0 Å². The summed E-state index contributed by atoms with van der Waals surface area (Å²) in [6.07, 6.45) is 9.02. The summed E-state index contributed by atoms with van der Waals surface area (Å²) in [6, 6.07) is 0.431. The Labute approximate surface area is 133 Å². The van der Waals surface area contributed by atoms with Crippen molar-refractivity contribution in [3.63, 3.8) is 0 Å². The molecule has 3 aliphatic rings. The van der Waals surface area contributed by atoms with Crippen LogP contribution in [0, 0.1) is 5.92 Å². The van der Waals surface area contributed by atoms with Crippen molar-refractivity contribution in [1.29, 1.82) is 0 Å². The first-order valence-corrected chi connectivity index (χ1v) is 9.04. The zero-order valence-electron chi connectivity index (χ0n) is 13.6. The Hall–Kier alpha value is -1.10. The van der Waals surface area contributed by atoms with E-state index in [9.17, 15) is 9.59 Å². The molecule has 2 heterocycles. The van der Waals surface area contributed by atoms with E-state index in [0.717, 1.165) is 58.3 Å². The minimum absolute atomic E-state index is 0.115. The van der Waals surface area contributed by atoms with Crippen LogP contribution in [0.5, 0.6) is 0 Å². The molecule has 0 aromatic heterocycles. The van der Waals surface area contributed by atoms with Crippen LogP contribution in [0.25, 0.3) is 0 Å². The molecule has 2 amide bonds. The van der Waals surface area contributed by atoms with Gasteiger partial charge in [-0.05, 0) is 45.2 Å². The average Bonchev–Trinajstić information content (AvgIpc) is 2.84. The number of carbonyl (C=O) groups excluding carboxylic acids is 2. The van der Waals surface area contributed by atoms with E-state index < -0.39 is 0 Å². The number of piperazine rings is 1. The molecule has 5 nitrogen and oxygen atoms in total. The van der Waals surface area contributed by atoms with Crippen molar-refractivity contribution < 1.29 is 9.59 Å². The average molecular weight is 307 g/mol. The maximum absolute atomic E-state index is 12.7. The monoisotopic (exact) mass is 307 g/mol. The Bertz CT molecular complexity index is 399. The molecule has 2 saturated heterocycles. The molecule has 0 unspecified atom stereocenters. The van der Waals surface area contributed by atoms with Gasteiger partial charge in [-0.15, -0.1) is 0 Å². The van der Waals surface area contributed by atoms with Crippen molar-refractivity contribution in [2.24, 2.45) is 5.92 Å². The number of carbonyl (C=O) groups is 2. The molecular formula is C17H29N3O2. The van der Waals surface area contributed by atoms with Crippen LogP contribution in [0.1, 0.15) is 51.4 Å². The van der Waals surface area contributed by atoms with Crippen LogP contribution in [-0.2, 0) is 9.59 Å². The predicted octanol–water partition coefficient (Wildman–Crippen LogP) is 1.38. The first-order valence-electron chi connectivity index (χ1n) is 9.04. The van der Waals surface area contributed by atoms with Gasteiger partial charge in [-0.25, -0.2) is 0 Å².